The van der Waals surface area contributed by atoms with Gasteiger partial charge in [-0.25, -0.2) is 0 Å². The molecule has 0 saturated carbocycles. The third kappa shape index (κ3) is 2.91. The van der Waals surface area contributed by atoms with Crippen LogP contribution in [0.4, 0.5) is 5.69 Å². The Morgan fingerprint density at radius 2 is 2.25 bits per heavy atom. The van der Waals surface area contributed by atoms with Gasteiger partial charge >= 0.3 is 0 Å². The van der Waals surface area contributed by atoms with Crippen molar-refractivity contribution < 1.29 is 19.3 Å². The highest BCUT2D eigenvalue weighted by Crippen LogP contribution is 2.23. The summed E-state index contributed by atoms with van der Waals surface area (Å²) >= 11 is 0. The minimum atomic E-state index is -0.686. The number of nitro benzene ring substituents is 1. The number of aryl methyl sites for hydroxylation is 1. The molecule has 2 N–H and O–H groups in total. The molecular formula is C12H11N3O5. The van der Waals surface area contributed by atoms with E-state index in [2.05, 4.69) is 10.5 Å². The van der Waals surface area contributed by atoms with Crippen molar-refractivity contribution in [1.29, 1.82) is 0 Å². The van der Waals surface area contributed by atoms with Gasteiger partial charge in [-0.3, -0.25) is 14.9 Å². The molecule has 0 saturated heterocycles. The third-order valence-corrected chi connectivity index (χ3v) is 2.53. The van der Waals surface area contributed by atoms with Crippen LogP contribution in [-0.4, -0.2) is 21.1 Å². The maximum atomic E-state index is 11.9. The molecule has 0 unspecified atom stereocenters. The predicted octanol–water partition coefficient (Wildman–Crippen LogP) is 1.53. The van der Waals surface area contributed by atoms with Crippen LogP contribution >= 0.6 is 0 Å². The molecule has 1 aromatic heterocycles. The minimum absolute atomic E-state index is 0.0724. The Labute approximate surface area is 113 Å². The molecule has 0 fully saturated rings. The van der Waals surface area contributed by atoms with Crippen molar-refractivity contribution in [2.45, 2.75) is 13.5 Å². The summed E-state index contributed by atoms with van der Waals surface area (Å²) in [6, 6.07) is 4.90. The van der Waals surface area contributed by atoms with Gasteiger partial charge in [0.25, 0.3) is 11.6 Å². The number of phenolic OH excluding ortho intramolecular Hbond substituents is 1. The van der Waals surface area contributed by atoms with E-state index in [4.69, 9.17) is 4.52 Å². The van der Waals surface area contributed by atoms with Crippen molar-refractivity contribution in [1.82, 2.24) is 10.5 Å². The standard InChI is InChI=1S/C12H11N3O5/c1-7-4-8(14-20-7)6-13-12(17)10-5-9(16)2-3-11(10)15(18)19/h2-5,16H,6H2,1H3,(H,13,17). The first-order valence-corrected chi connectivity index (χ1v) is 5.65. The first kappa shape index (κ1) is 13.5. The Kier molecular flexibility index (Phi) is 3.65. The second-order valence-corrected chi connectivity index (χ2v) is 4.07. The lowest BCUT2D eigenvalue weighted by Gasteiger charge is -2.04. The molecule has 0 radical (unpaired) electrons. The Balaban J connectivity index is 2.16. The van der Waals surface area contributed by atoms with E-state index in [1.807, 2.05) is 0 Å². The summed E-state index contributed by atoms with van der Waals surface area (Å²) in [6.07, 6.45) is 0. The van der Waals surface area contributed by atoms with Gasteiger partial charge in [-0.15, -0.1) is 0 Å². The van der Waals surface area contributed by atoms with Crippen LogP contribution in [0.15, 0.2) is 28.8 Å². The summed E-state index contributed by atoms with van der Waals surface area (Å²) in [4.78, 5) is 22.1. The van der Waals surface area contributed by atoms with E-state index in [1.54, 1.807) is 13.0 Å². The molecule has 0 aliphatic carbocycles. The smallest absolute Gasteiger partial charge is 0.282 e. The fraction of sp³-hybridized carbons (Fsp3) is 0.167. The van der Waals surface area contributed by atoms with E-state index in [0.29, 0.717) is 11.5 Å². The number of hydrogen-bond acceptors (Lipinski definition) is 6. The summed E-state index contributed by atoms with van der Waals surface area (Å²) < 4.78 is 4.83. The molecule has 104 valence electrons. The lowest BCUT2D eigenvalue weighted by molar-refractivity contribution is -0.385. The fourth-order valence-corrected chi connectivity index (χ4v) is 1.63. The van der Waals surface area contributed by atoms with Crippen molar-refractivity contribution in [3.05, 3.63) is 51.4 Å². The predicted molar refractivity (Wildman–Crippen MR) is 67.2 cm³/mol. The van der Waals surface area contributed by atoms with E-state index in [1.165, 1.54) is 0 Å². The molecule has 0 aliphatic rings. The molecule has 1 aromatic carbocycles. The Morgan fingerprint density at radius 3 is 2.85 bits per heavy atom. The van der Waals surface area contributed by atoms with Crippen LogP contribution in [-0.2, 0) is 6.54 Å². The van der Waals surface area contributed by atoms with E-state index >= 15 is 0 Å². The SMILES string of the molecule is Cc1cc(CNC(=O)c2cc(O)ccc2[N+](=O)[O-])no1. The summed E-state index contributed by atoms with van der Waals surface area (Å²) in [6.45, 7) is 1.78. The van der Waals surface area contributed by atoms with Gasteiger partial charge in [0.2, 0.25) is 0 Å². The highest BCUT2D eigenvalue weighted by Gasteiger charge is 2.20. The number of amides is 1. The van der Waals surface area contributed by atoms with Crippen LogP contribution in [0.3, 0.4) is 0 Å². The van der Waals surface area contributed by atoms with Gasteiger partial charge in [-0.2, -0.15) is 0 Å². The number of nitrogens with one attached hydrogen (secondary N) is 1. The summed E-state index contributed by atoms with van der Waals surface area (Å²) in [5.74, 6) is -0.302. The van der Waals surface area contributed by atoms with Crippen LogP contribution < -0.4 is 5.32 Å². The monoisotopic (exact) mass is 277 g/mol. The molecule has 2 aromatic rings. The zero-order valence-corrected chi connectivity index (χ0v) is 10.5. The first-order valence-electron chi connectivity index (χ1n) is 5.65. The van der Waals surface area contributed by atoms with Crippen molar-refractivity contribution in [2.75, 3.05) is 0 Å². The van der Waals surface area contributed by atoms with Gasteiger partial charge in [0.1, 0.15) is 22.8 Å². The quantitative estimate of drug-likeness (QED) is 0.646. The Morgan fingerprint density at radius 1 is 1.50 bits per heavy atom. The number of nitro groups is 1. The number of benzene rings is 1. The normalized spacial score (nSPS) is 10.2. The van der Waals surface area contributed by atoms with Crippen LogP contribution in [0.25, 0.3) is 0 Å². The number of rotatable bonds is 4. The maximum Gasteiger partial charge on any atom is 0.282 e. The van der Waals surface area contributed by atoms with Crippen LogP contribution in [0.2, 0.25) is 0 Å². The van der Waals surface area contributed by atoms with Gasteiger partial charge in [0, 0.05) is 12.1 Å². The topological polar surface area (TPSA) is 118 Å². The number of aromatic hydroxyl groups is 1. The molecule has 0 aliphatic heterocycles. The highest BCUT2D eigenvalue weighted by molar-refractivity contribution is 5.98. The number of carbonyl (C=O) groups excluding carboxylic acids is 1. The molecule has 1 heterocycles. The van der Waals surface area contributed by atoms with Crippen molar-refractivity contribution in [2.24, 2.45) is 0 Å². The van der Waals surface area contributed by atoms with E-state index < -0.39 is 10.8 Å². The Hall–Kier alpha value is -2.90. The average molecular weight is 277 g/mol. The molecule has 2 rings (SSSR count). The number of nitrogens with zero attached hydrogens (tertiary/aromatic N) is 2. The second-order valence-electron chi connectivity index (χ2n) is 4.07. The molecule has 0 atom stereocenters. The van der Waals surface area contributed by atoms with E-state index in [-0.39, 0.29) is 23.5 Å². The number of phenols is 1. The van der Waals surface area contributed by atoms with Gasteiger partial charge < -0.3 is 14.9 Å². The van der Waals surface area contributed by atoms with Crippen LogP contribution in [0, 0.1) is 17.0 Å². The zero-order valence-electron chi connectivity index (χ0n) is 10.5. The second kappa shape index (κ2) is 5.39. The minimum Gasteiger partial charge on any atom is -0.508 e. The zero-order chi connectivity index (χ0) is 14.7. The van der Waals surface area contributed by atoms with Gasteiger partial charge in [-0.1, -0.05) is 5.16 Å². The molecule has 1 amide bonds. The van der Waals surface area contributed by atoms with Crippen molar-refractivity contribution in [3.8, 4) is 5.75 Å². The lowest BCUT2D eigenvalue weighted by Crippen LogP contribution is -2.23. The number of carbonyl (C=O) groups is 1. The first-order chi connectivity index (χ1) is 9.47. The average Bonchev–Trinajstić information content (AvgIpc) is 2.81. The van der Waals surface area contributed by atoms with Crippen LogP contribution in [0.5, 0.6) is 5.75 Å². The Bertz CT molecular complexity index is 665. The molecule has 0 bridgehead atoms. The van der Waals surface area contributed by atoms with Crippen molar-refractivity contribution in [3.63, 3.8) is 0 Å². The highest BCUT2D eigenvalue weighted by atomic mass is 16.6. The third-order valence-electron chi connectivity index (χ3n) is 2.53. The maximum absolute atomic E-state index is 11.9. The van der Waals surface area contributed by atoms with E-state index in [9.17, 15) is 20.0 Å². The summed E-state index contributed by atoms with van der Waals surface area (Å²) in [5, 5.41) is 26.3. The molecule has 0 spiro atoms. The molecule has 8 nitrogen and oxygen atoms in total. The molecule has 8 heteroatoms. The number of hydrogen-bond donors (Lipinski definition) is 2. The van der Waals surface area contributed by atoms with E-state index in [0.717, 1.165) is 18.2 Å². The molecule has 20 heavy (non-hydrogen) atoms. The van der Waals surface area contributed by atoms with Gasteiger partial charge in [-0.05, 0) is 19.1 Å². The molecular weight excluding hydrogens is 266 g/mol. The summed E-state index contributed by atoms with van der Waals surface area (Å²) in [5.41, 5.74) is -0.0921. The van der Waals surface area contributed by atoms with Gasteiger partial charge in [0.05, 0.1) is 11.5 Å². The fourth-order valence-electron chi connectivity index (χ4n) is 1.63. The number of aromatic nitrogens is 1. The largest absolute Gasteiger partial charge is 0.508 e. The lowest BCUT2D eigenvalue weighted by atomic mass is 10.1. The van der Waals surface area contributed by atoms with Crippen molar-refractivity contribution >= 4 is 11.6 Å². The summed E-state index contributed by atoms with van der Waals surface area (Å²) in [7, 11) is 0. The van der Waals surface area contributed by atoms with Gasteiger partial charge in [0.15, 0.2) is 0 Å². The van der Waals surface area contributed by atoms with Crippen LogP contribution in [0.1, 0.15) is 21.8 Å².